The number of carbonyl (C=O) groups is 1. The SMILES string of the molecule is Cc1ccc(-n2nnnc2S[C@H](C)C(=O)Nc2ccccc2)cc1. The number of thioether (sulfide) groups is 1. The van der Waals surface area contributed by atoms with Crippen molar-refractivity contribution in [2.75, 3.05) is 5.32 Å². The fourth-order valence-electron chi connectivity index (χ4n) is 2.08. The third-order valence-corrected chi connectivity index (χ3v) is 4.45. The van der Waals surface area contributed by atoms with E-state index in [-0.39, 0.29) is 11.2 Å². The molecule has 0 bridgehead atoms. The lowest BCUT2D eigenvalue weighted by atomic mass is 10.2. The maximum absolute atomic E-state index is 12.3. The van der Waals surface area contributed by atoms with E-state index in [4.69, 9.17) is 0 Å². The van der Waals surface area contributed by atoms with Crippen molar-refractivity contribution in [2.24, 2.45) is 0 Å². The monoisotopic (exact) mass is 339 g/mol. The van der Waals surface area contributed by atoms with Crippen LogP contribution in [0.25, 0.3) is 5.69 Å². The van der Waals surface area contributed by atoms with Crippen LogP contribution in [0.4, 0.5) is 5.69 Å². The molecule has 0 aliphatic carbocycles. The molecule has 3 aromatic rings. The lowest BCUT2D eigenvalue weighted by molar-refractivity contribution is -0.115. The van der Waals surface area contributed by atoms with Crippen LogP contribution in [0.2, 0.25) is 0 Å². The van der Waals surface area contributed by atoms with E-state index < -0.39 is 0 Å². The Morgan fingerprint density at radius 3 is 2.54 bits per heavy atom. The highest BCUT2D eigenvalue weighted by Crippen LogP contribution is 2.24. The standard InChI is InChI=1S/C17H17N5OS/c1-12-8-10-15(11-9-12)22-17(19-20-21-22)24-13(2)16(23)18-14-6-4-3-5-7-14/h3-11,13H,1-2H3,(H,18,23)/t13-/m1/s1. The number of anilines is 1. The van der Waals surface area contributed by atoms with Gasteiger partial charge >= 0.3 is 0 Å². The number of nitrogens with zero attached hydrogens (tertiary/aromatic N) is 4. The summed E-state index contributed by atoms with van der Waals surface area (Å²) in [6, 6.07) is 17.3. The van der Waals surface area contributed by atoms with Crippen molar-refractivity contribution in [3.63, 3.8) is 0 Å². The summed E-state index contributed by atoms with van der Waals surface area (Å²) in [5.41, 5.74) is 2.80. The Morgan fingerprint density at radius 2 is 1.83 bits per heavy atom. The van der Waals surface area contributed by atoms with Gasteiger partial charge in [0.1, 0.15) is 0 Å². The van der Waals surface area contributed by atoms with Crippen LogP contribution < -0.4 is 5.32 Å². The van der Waals surface area contributed by atoms with Gasteiger partial charge in [0.2, 0.25) is 11.1 Å². The van der Waals surface area contributed by atoms with Crippen LogP contribution in [0.3, 0.4) is 0 Å². The van der Waals surface area contributed by atoms with Gasteiger partial charge in [0.25, 0.3) is 0 Å². The molecule has 1 N–H and O–H groups in total. The molecular formula is C17H17N5OS. The Hall–Kier alpha value is -2.67. The lowest BCUT2D eigenvalue weighted by Crippen LogP contribution is -2.22. The highest BCUT2D eigenvalue weighted by atomic mass is 32.2. The smallest absolute Gasteiger partial charge is 0.237 e. The molecule has 0 saturated heterocycles. The Morgan fingerprint density at radius 1 is 1.12 bits per heavy atom. The number of hydrogen-bond acceptors (Lipinski definition) is 5. The van der Waals surface area contributed by atoms with Crippen molar-refractivity contribution >= 4 is 23.4 Å². The first-order valence-electron chi connectivity index (χ1n) is 7.51. The van der Waals surface area contributed by atoms with Crippen LogP contribution >= 0.6 is 11.8 Å². The largest absolute Gasteiger partial charge is 0.325 e. The van der Waals surface area contributed by atoms with Crippen molar-refractivity contribution in [2.45, 2.75) is 24.3 Å². The number of benzene rings is 2. The molecule has 0 unspecified atom stereocenters. The van der Waals surface area contributed by atoms with Crippen molar-refractivity contribution in [3.05, 3.63) is 60.2 Å². The van der Waals surface area contributed by atoms with E-state index in [9.17, 15) is 4.79 Å². The molecule has 1 aromatic heterocycles. The lowest BCUT2D eigenvalue weighted by Gasteiger charge is -2.11. The minimum Gasteiger partial charge on any atom is -0.325 e. The zero-order chi connectivity index (χ0) is 16.9. The Labute approximate surface area is 144 Å². The molecular weight excluding hydrogens is 322 g/mol. The number of carbonyl (C=O) groups excluding carboxylic acids is 1. The number of para-hydroxylation sites is 1. The summed E-state index contributed by atoms with van der Waals surface area (Å²) >= 11 is 1.32. The minimum atomic E-state index is -0.333. The summed E-state index contributed by atoms with van der Waals surface area (Å²) in [6.45, 7) is 3.85. The van der Waals surface area contributed by atoms with Crippen LogP contribution in [-0.4, -0.2) is 31.4 Å². The molecule has 2 aromatic carbocycles. The van der Waals surface area contributed by atoms with Crippen LogP contribution in [0.1, 0.15) is 12.5 Å². The van der Waals surface area contributed by atoms with Crippen LogP contribution in [-0.2, 0) is 4.79 Å². The van der Waals surface area contributed by atoms with Gasteiger partial charge in [-0.25, -0.2) is 0 Å². The highest BCUT2D eigenvalue weighted by Gasteiger charge is 2.19. The molecule has 0 fully saturated rings. The molecule has 0 aliphatic heterocycles. The Balaban J connectivity index is 1.71. The van der Waals surface area contributed by atoms with E-state index in [0.29, 0.717) is 5.16 Å². The topological polar surface area (TPSA) is 72.7 Å². The van der Waals surface area contributed by atoms with Crippen LogP contribution in [0.5, 0.6) is 0 Å². The normalized spacial score (nSPS) is 11.9. The first kappa shape index (κ1) is 16.2. The molecule has 1 amide bonds. The number of nitrogens with one attached hydrogen (secondary N) is 1. The first-order chi connectivity index (χ1) is 11.6. The van der Waals surface area contributed by atoms with Gasteiger partial charge in [0.05, 0.1) is 10.9 Å². The summed E-state index contributed by atoms with van der Waals surface area (Å²) in [6.07, 6.45) is 0. The summed E-state index contributed by atoms with van der Waals surface area (Å²) in [4.78, 5) is 12.3. The summed E-state index contributed by atoms with van der Waals surface area (Å²) in [5.74, 6) is -0.0929. The molecule has 0 radical (unpaired) electrons. The molecule has 6 nitrogen and oxygen atoms in total. The van der Waals surface area contributed by atoms with Gasteiger partial charge in [0.15, 0.2) is 0 Å². The van der Waals surface area contributed by atoms with Crippen molar-refractivity contribution in [1.29, 1.82) is 0 Å². The number of hydrogen-bond donors (Lipinski definition) is 1. The summed E-state index contributed by atoms with van der Waals surface area (Å²) < 4.78 is 1.64. The van der Waals surface area contributed by atoms with Gasteiger partial charge in [-0.1, -0.05) is 47.7 Å². The van der Waals surface area contributed by atoms with E-state index in [0.717, 1.165) is 16.9 Å². The fourth-order valence-corrected chi connectivity index (χ4v) is 2.89. The minimum absolute atomic E-state index is 0.0929. The molecule has 1 heterocycles. The van der Waals surface area contributed by atoms with Gasteiger partial charge in [0, 0.05) is 5.69 Å². The van der Waals surface area contributed by atoms with Crippen molar-refractivity contribution in [3.8, 4) is 5.69 Å². The van der Waals surface area contributed by atoms with E-state index in [1.807, 2.05) is 68.4 Å². The molecule has 0 spiro atoms. The predicted molar refractivity (Wildman–Crippen MR) is 94.3 cm³/mol. The molecule has 1 atom stereocenters. The van der Waals surface area contributed by atoms with E-state index in [1.54, 1.807) is 4.68 Å². The number of amides is 1. The number of aromatic nitrogens is 4. The Kier molecular flexibility index (Phi) is 4.90. The number of rotatable bonds is 5. The zero-order valence-corrected chi connectivity index (χ0v) is 14.2. The van der Waals surface area contributed by atoms with Gasteiger partial charge in [-0.3, -0.25) is 4.79 Å². The molecule has 0 aliphatic rings. The first-order valence-corrected chi connectivity index (χ1v) is 8.39. The summed E-state index contributed by atoms with van der Waals surface area (Å²) in [7, 11) is 0. The molecule has 122 valence electrons. The van der Waals surface area contributed by atoms with Crippen LogP contribution in [0.15, 0.2) is 59.8 Å². The molecule has 7 heteroatoms. The second kappa shape index (κ2) is 7.27. The molecule has 3 rings (SSSR count). The molecule has 0 saturated carbocycles. The average molecular weight is 339 g/mol. The predicted octanol–water partition coefficient (Wildman–Crippen LogP) is 3.09. The second-order valence-corrected chi connectivity index (χ2v) is 6.63. The molecule has 24 heavy (non-hydrogen) atoms. The highest BCUT2D eigenvalue weighted by molar-refractivity contribution is 8.00. The maximum atomic E-state index is 12.3. The fraction of sp³-hybridized carbons (Fsp3) is 0.176. The maximum Gasteiger partial charge on any atom is 0.237 e. The van der Waals surface area contributed by atoms with Gasteiger partial charge in [-0.15, -0.1) is 5.10 Å². The van der Waals surface area contributed by atoms with Gasteiger partial charge in [-0.2, -0.15) is 4.68 Å². The Bertz CT molecular complexity index is 817. The van der Waals surface area contributed by atoms with Crippen LogP contribution in [0, 0.1) is 6.92 Å². The quantitative estimate of drug-likeness (QED) is 0.723. The van der Waals surface area contributed by atoms with Gasteiger partial charge in [-0.05, 0) is 48.5 Å². The number of aryl methyl sites for hydroxylation is 1. The number of tetrazole rings is 1. The van der Waals surface area contributed by atoms with E-state index >= 15 is 0 Å². The van der Waals surface area contributed by atoms with Crippen molar-refractivity contribution < 1.29 is 4.79 Å². The summed E-state index contributed by atoms with van der Waals surface area (Å²) in [5, 5.41) is 14.9. The second-order valence-electron chi connectivity index (χ2n) is 5.32. The zero-order valence-electron chi connectivity index (χ0n) is 13.4. The van der Waals surface area contributed by atoms with E-state index in [2.05, 4.69) is 20.8 Å². The van der Waals surface area contributed by atoms with Crippen molar-refractivity contribution in [1.82, 2.24) is 20.2 Å². The average Bonchev–Trinajstić information content (AvgIpc) is 3.04. The van der Waals surface area contributed by atoms with Gasteiger partial charge < -0.3 is 5.32 Å². The third kappa shape index (κ3) is 3.80. The third-order valence-electron chi connectivity index (χ3n) is 3.41. The van der Waals surface area contributed by atoms with E-state index in [1.165, 1.54) is 11.8 Å².